The smallest absolute Gasteiger partial charge is 0.178 e. The molecular weight excluding hydrogens is 441 g/mol. The molecule has 0 saturated carbocycles. The molecule has 0 saturated heterocycles. The minimum Gasteiger partial charge on any atom is -0.382 e. The lowest BCUT2D eigenvalue weighted by Gasteiger charge is -2.11. The largest absolute Gasteiger partial charge is 0.382 e. The molecule has 0 unspecified atom stereocenters. The van der Waals surface area contributed by atoms with Crippen LogP contribution in [0.4, 0.5) is 10.1 Å². The van der Waals surface area contributed by atoms with Gasteiger partial charge in [0.15, 0.2) is 11.5 Å². The zero-order chi connectivity index (χ0) is 23.9. The average molecular weight is 464 g/mol. The Labute approximate surface area is 200 Å². The number of hydrogen-bond acceptors (Lipinski definition) is 5. The zero-order valence-electron chi connectivity index (χ0n) is 19.2. The van der Waals surface area contributed by atoms with Gasteiger partial charge < -0.3 is 10.3 Å². The highest BCUT2D eigenvalue weighted by atomic mass is 19.1. The van der Waals surface area contributed by atoms with Crippen molar-refractivity contribution >= 4 is 27.8 Å². The molecule has 4 aromatic heterocycles. The van der Waals surface area contributed by atoms with E-state index in [1.807, 2.05) is 36.7 Å². The fourth-order valence-corrected chi connectivity index (χ4v) is 4.30. The number of rotatable bonds is 5. The molecule has 0 atom stereocenters. The number of imidazole rings is 1. The van der Waals surface area contributed by atoms with Crippen LogP contribution >= 0.6 is 0 Å². The topological polar surface area (TPSA) is 95.2 Å². The van der Waals surface area contributed by atoms with Crippen LogP contribution in [0.25, 0.3) is 55.8 Å². The monoisotopic (exact) mass is 463 g/mol. The van der Waals surface area contributed by atoms with Crippen LogP contribution in [0.15, 0.2) is 73.2 Å². The standard InChI is InChI=1S/C27H22FN7/c1-15(2)31-20-11-18(13-29-14-20)16-6-7-23-22(12-16)25(35-34-23)27-32-24-21(8-9-30-26(24)33-27)17-4-3-5-19(28)10-17/h3-15,31H,1-2H3,(H,34,35)(H,30,32,33). The molecule has 35 heavy (non-hydrogen) atoms. The van der Waals surface area contributed by atoms with E-state index in [0.717, 1.165) is 44.4 Å². The summed E-state index contributed by atoms with van der Waals surface area (Å²) in [6.45, 7) is 4.19. The second kappa shape index (κ2) is 8.32. The second-order valence-corrected chi connectivity index (χ2v) is 8.75. The molecule has 0 fully saturated rings. The molecule has 3 N–H and O–H groups in total. The predicted molar refractivity (Wildman–Crippen MR) is 136 cm³/mol. The summed E-state index contributed by atoms with van der Waals surface area (Å²) in [5.74, 6) is 0.299. The fourth-order valence-electron chi connectivity index (χ4n) is 4.30. The van der Waals surface area contributed by atoms with Crippen molar-refractivity contribution in [2.75, 3.05) is 5.32 Å². The molecule has 0 aliphatic heterocycles. The van der Waals surface area contributed by atoms with Crippen LogP contribution in [0.3, 0.4) is 0 Å². The third-order valence-electron chi connectivity index (χ3n) is 5.84. The number of anilines is 1. The van der Waals surface area contributed by atoms with Crippen LogP contribution in [-0.4, -0.2) is 36.2 Å². The van der Waals surface area contributed by atoms with Crippen molar-refractivity contribution in [3.8, 4) is 33.8 Å². The first-order chi connectivity index (χ1) is 17.0. The summed E-state index contributed by atoms with van der Waals surface area (Å²) in [4.78, 5) is 16.9. The molecule has 6 rings (SSSR count). The molecular formula is C27H22FN7. The molecule has 4 heterocycles. The number of hydrogen-bond donors (Lipinski definition) is 3. The summed E-state index contributed by atoms with van der Waals surface area (Å²) in [6.07, 6.45) is 5.35. The van der Waals surface area contributed by atoms with Crippen LogP contribution in [0, 0.1) is 5.82 Å². The fraction of sp³-hybridized carbons (Fsp3) is 0.111. The maximum atomic E-state index is 13.9. The lowest BCUT2D eigenvalue weighted by molar-refractivity contribution is 0.628. The highest BCUT2D eigenvalue weighted by Gasteiger charge is 2.16. The Morgan fingerprint density at radius 1 is 0.943 bits per heavy atom. The molecule has 0 amide bonds. The SMILES string of the molecule is CC(C)Nc1cncc(-c2ccc3[nH]nc(-c4nc5nccc(-c6cccc(F)c6)c5[nH]4)c3c2)c1. The Kier molecular flexibility index (Phi) is 4.99. The highest BCUT2D eigenvalue weighted by molar-refractivity contribution is 5.97. The van der Waals surface area contributed by atoms with Crippen molar-refractivity contribution < 1.29 is 4.39 Å². The van der Waals surface area contributed by atoms with Crippen LogP contribution in [0.5, 0.6) is 0 Å². The van der Waals surface area contributed by atoms with E-state index in [0.29, 0.717) is 23.2 Å². The number of aromatic nitrogens is 6. The molecule has 0 aliphatic carbocycles. The second-order valence-electron chi connectivity index (χ2n) is 8.75. The van der Waals surface area contributed by atoms with Crippen molar-refractivity contribution in [3.05, 3.63) is 79.0 Å². The van der Waals surface area contributed by atoms with E-state index in [-0.39, 0.29) is 5.82 Å². The van der Waals surface area contributed by atoms with E-state index >= 15 is 0 Å². The van der Waals surface area contributed by atoms with Crippen LogP contribution in [0.1, 0.15) is 13.8 Å². The van der Waals surface area contributed by atoms with Gasteiger partial charge in [-0.25, -0.2) is 14.4 Å². The molecule has 7 nitrogen and oxygen atoms in total. The third kappa shape index (κ3) is 3.89. The summed E-state index contributed by atoms with van der Waals surface area (Å²) in [5.41, 5.74) is 7.44. The highest BCUT2D eigenvalue weighted by Crippen LogP contribution is 2.33. The summed E-state index contributed by atoms with van der Waals surface area (Å²) in [7, 11) is 0. The van der Waals surface area contributed by atoms with Gasteiger partial charge >= 0.3 is 0 Å². The van der Waals surface area contributed by atoms with Gasteiger partial charge in [-0.1, -0.05) is 18.2 Å². The molecule has 8 heteroatoms. The van der Waals surface area contributed by atoms with Gasteiger partial charge in [0, 0.05) is 41.1 Å². The first-order valence-electron chi connectivity index (χ1n) is 11.4. The van der Waals surface area contributed by atoms with Crippen LogP contribution in [0.2, 0.25) is 0 Å². The van der Waals surface area contributed by atoms with E-state index in [1.165, 1.54) is 12.1 Å². The van der Waals surface area contributed by atoms with Crippen LogP contribution in [-0.2, 0) is 0 Å². The normalized spacial score (nSPS) is 11.5. The number of pyridine rings is 2. The molecule has 0 bridgehead atoms. The predicted octanol–water partition coefficient (Wildman–Crippen LogP) is 6.19. The Hall–Kier alpha value is -4.59. The molecule has 6 aromatic rings. The van der Waals surface area contributed by atoms with Gasteiger partial charge in [-0.2, -0.15) is 5.10 Å². The van der Waals surface area contributed by atoms with Gasteiger partial charge in [0.1, 0.15) is 11.5 Å². The van der Waals surface area contributed by atoms with E-state index in [1.54, 1.807) is 12.3 Å². The van der Waals surface area contributed by atoms with Gasteiger partial charge in [-0.15, -0.1) is 0 Å². The number of benzene rings is 2. The van der Waals surface area contributed by atoms with Crippen molar-refractivity contribution in [2.45, 2.75) is 19.9 Å². The van der Waals surface area contributed by atoms with Crippen LogP contribution < -0.4 is 5.32 Å². The van der Waals surface area contributed by atoms with E-state index in [4.69, 9.17) is 4.98 Å². The maximum absolute atomic E-state index is 13.9. The number of nitrogens with zero attached hydrogens (tertiary/aromatic N) is 4. The van der Waals surface area contributed by atoms with Crippen molar-refractivity contribution in [1.82, 2.24) is 30.1 Å². The van der Waals surface area contributed by atoms with E-state index in [2.05, 4.69) is 56.4 Å². The molecule has 0 aliphatic rings. The Morgan fingerprint density at radius 3 is 2.71 bits per heavy atom. The van der Waals surface area contributed by atoms with Gasteiger partial charge in [-0.05, 0) is 61.4 Å². The maximum Gasteiger partial charge on any atom is 0.178 e. The van der Waals surface area contributed by atoms with Crippen molar-refractivity contribution in [2.24, 2.45) is 0 Å². The Bertz CT molecular complexity index is 1680. The molecule has 172 valence electrons. The lowest BCUT2D eigenvalue weighted by atomic mass is 10.0. The quantitative estimate of drug-likeness (QED) is 0.283. The zero-order valence-corrected chi connectivity index (χ0v) is 19.2. The first-order valence-corrected chi connectivity index (χ1v) is 11.4. The minimum atomic E-state index is -0.292. The third-order valence-corrected chi connectivity index (χ3v) is 5.84. The lowest BCUT2D eigenvalue weighted by Crippen LogP contribution is -2.09. The number of nitrogens with one attached hydrogen (secondary N) is 3. The number of aromatic amines is 2. The van der Waals surface area contributed by atoms with Gasteiger partial charge in [-0.3, -0.25) is 10.1 Å². The van der Waals surface area contributed by atoms with Gasteiger partial charge in [0.05, 0.1) is 16.7 Å². The molecule has 0 spiro atoms. The van der Waals surface area contributed by atoms with Gasteiger partial charge in [0.25, 0.3) is 0 Å². The summed E-state index contributed by atoms with van der Waals surface area (Å²) in [6, 6.07) is 16.9. The summed E-state index contributed by atoms with van der Waals surface area (Å²) < 4.78 is 13.9. The summed E-state index contributed by atoms with van der Waals surface area (Å²) >= 11 is 0. The Balaban J connectivity index is 1.45. The van der Waals surface area contributed by atoms with E-state index < -0.39 is 0 Å². The van der Waals surface area contributed by atoms with Crippen molar-refractivity contribution in [3.63, 3.8) is 0 Å². The summed E-state index contributed by atoms with van der Waals surface area (Å²) in [5, 5.41) is 11.9. The Morgan fingerprint density at radius 2 is 1.86 bits per heavy atom. The van der Waals surface area contributed by atoms with Gasteiger partial charge in [0.2, 0.25) is 0 Å². The number of H-pyrrole nitrogens is 2. The molecule has 0 radical (unpaired) electrons. The average Bonchev–Trinajstić information content (AvgIpc) is 3.47. The molecule has 2 aromatic carbocycles. The first kappa shape index (κ1) is 21.0. The number of fused-ring (bicyclic) bond motifs is 2. The van der Waals surface area contributed by atoms with Crippen molar-refractivity contribution in [1.29, 1.82) is 0 Å². The van der Waals surface area contributed by atoms with E-state index in [9.17, 15) is 4.39 Å². The number of halogens is 1. The minimum absolute atomic E-state index is 0.292.